The van der Waals surface area contributed by atoms with Gasteiger partial charge in [-0.2, -0.15) is 0 Å². The number of carboxylic acid groups (broad SMARTS) is 1. The fourth-order valence-electron chi connectivity index (χ4n) is 1.28. The average Bonchev–Trinajstić information content (AvgIpc) is 2.27. The van der Waals surface area contributed by atoms with Crippen LogP contribution in [0.25, 0.3) is 0 Å². The van der Waals surface area contributed by atoms with Crippen molar-refractivity contribution in [2.75, 3.05) is 5.75 Å². The quantitative estimate of drug-likeness (QED) is 0.780. The molecule has 5 nitrogen and oxygen atoms in total. The van der Waals surface area contributed by atoms with Gasteiger partial charge >= 0.3 is 5.97 Å². The molecule has 7 heteroatoms. The van der Waals surface area contributed by atoms with Gasteiger partial charge in [0.25, 0.3) is 0 Å². The minimum Gasteiger partial charge on any atom is -0.481 e. The van der Waals surface area contributed by atoms with E-state index in [-0.39, 0.29) is 31.0 Å². The maximum atomic E-state index is 12.6. The Bertz CT molecular complexity index is 498. The standard InChI is InChI=1S/C11H14FNO4S/c12-10-5-3-9(4-6-10)8-13-18(16,17)7-1-2-11(14)15/h3-6,13H,1-2,7-8H2,(H,14,15). The number of sulfonamides is 1. The third-order valence-corrected chi connectivity index (χ3v) is 3.62. The lowest BCUT2D eigenvalue weighted by Gasteiger charge is -2.06. The molecule has 0 saturated heterocycles. The van der Waals surface area contributed by atoms with Crippen LogP contribution in [0.1, 0.15) is 18.4 Å². The Labute approximate surface area is 105 Å². The van der Waals surface area contributed by atoms with Crippen LogP contribution in [-0.2, 0) is 21.4 Å². The van der Waals surface area contributed by atoms with Gasteiger partial charge in [-0.25, -0.2) is 17.5 Å². The van der Waals surface area contributed by atoms with Crippen molar-refractivity contribution < 1.29 is 22.7 Å². The number of halogens is 1. The van der Waals surface area contributed by atoms with Gasteiger partial charge in [-0.3, -0.25) is 4.79 Å². The van der Waals surface area contributed by atoms with Gasteiger partial charge in [0.2, 0.25) is 10.0 Å². The van der Waals surface area contributed by atoms with Crippen molar-refractivity contribution in [2.45, 2.75) is 19.4 Å². The Morgan fingerprint density at radius 1 is 1.28 bits per heavy atom. The highest BCUT2D eigenvalue weighted by Crippen LogP contribution is 2.03. The summed E-state index contributed by atoms with van der Waals surface area (Å²) in [6.45, 7) is 0.0652. The van der Waals surface area contributed by atoms with Crippen LogP contribution in [0.5, 0.6) is 0 Å². The van der Waals surface area contributed by atoms with Crippen molar-refractivity contribution in [1.82, 2.24) is 4.72 Å². The van der Waals surface area contributed by atoms with Crippen LogP contribution in [0.3, 0.4) is 0 Å². The highest BCUT2D eigenvalue weighted by Gasteiger charge is 2.10. The zero-order chi connectivity index (χ0) is 13.6. The number of hydrogen-bond acceptors (Lipinski definition) is 3. The summed E-state index contributed by atoms with van der Waals surface area (Å²) in [6.07, 6.45) is -0.120. The van der Waals surface area contributed by atoms with Crippen LogP contribution >= 0.6 is 0 Å². The molecular weight excluding hydrogens is 261 g/mol. The molecule has 0 bridgehead atoms. The summed E-state index contributed by atoms with van der Waals surface area (Å²) >= 11 is 0. The van der Waals surface area contributed by atoms with Gasteiger partial charge in [-0.15, -0.1) is 0 Å². The maximum absolute atomic E-state index is 12.6. The van der Waals surface area contributed by atoms with Gasteiger partial charge in [0, 0.05) is 13.0 Å². The molecule has 0 unspecified atom stereocenters. The van der Waals surface area contributed by atoms with E-state index in [9.17, 15) is 17.6 Å². The molecule has 0 saturated carbocycles. The van der Waals surface area contributed by atoms with E-state index in [2.05, 4.69) is 4.72 Å². The summed E-state index contributed by atoms with van der Waals surface area (Å²) in [5.74, 6) is -1.65. The number of benzene rings is 1. The van der Waals surface area contributed by atoms with E-state index in [1.165, 1.54) is 24.3 Å². The normalized spacial score (nSPS) is 11.4. The predicted molar refractivity (Wildman–Crippen MR) is 63.9 cm³/mol. The molecule has 1 aromatic rings. The van der Waals surface area contributed by atoms with Gasteiger partial charge in [0.15, 0.2) is 0 Å². The van der Waals surface area contributed by atoms with Crippen LogP contribution in [0, 0.1) is 5.82 Å². The fraction of sp³-hybridized carbons (Fsp3) is 0.364. The second-order valence-corrected chi connectivity index (χ2v) is 5.69. The second-order valence-electron chi connectivity index (χ2n) is 3.76. The molecule has 1 aromatic carbocycles. The van der Waals surface area contributed by atoms with E-state index in [1.807, 2.05) is 0 Å². The minimum atomic E-state index is -3.49. The summed E-state index contributed by atoms with van der Waals surface area (Å²) in [6, 6.07) is 5.45. The first-order valence-electron chi connectivity index (χ1n) is 5.32. The van der Waals surface area contributed by atoms with E-state index >= 15 is 0 Å². The van der Waals surface area contributed by atoms with E-state index in [1.54, 1.807) is 0 Å². The highest BCUT2D eigenvalue weighted by molar-refractivity contribution is 7.89. The molecule has 0 aliphatic heterocycles. The summed E-state index contributed by atoms with van der Waals surface area (Å²) < 4.78 is 37.9. The lowest BCUT2D eigenvalue weighted by atomic mass is 10.2. The summed E-state index contributed by atoms with van der Waals surface area (Å²) in [5, 5.41) is 8.39. The van der Waals surface area contributed by atoms with Gasteiger partial charge in [-0.05, 0) is 24.1 Å². The van der Waals surface area contributed by atoms with Crippen LogP contribution in [0.15, 0.2) is 24.3 Å². The van der Waals surface area contributed by atoms with Crippen molar-refractivity contribution in [3.05, 3.63) is 35.6 Å². The molecule has 0 aromatic heterocycles. The molecule has 0 radical (unpaired) electrons. The van der Waals surface area contributed by atoms with E-state index in [4.69, 9.17) is 5.11 Å². The Morgan fingerprint density at radius 2 is 1.89 bits per heavy atom. The monoisotopic (exact) mass is 275 g/mol. The third-order valence-electron chi connectivity index (χ3n) is 2.21. The first-order chi connectivity index (χ1) is 8.39. The van der Waals surface area contributed by atoms with E-state index in [0.29, 0.717) is 5.56 Å². The number of nitrogens with one attached hydrogen (secondary N) is 1. The smallest absolute Gasteiger partial charge is 0.303 e. The van der Waals surface area contributed by atoms with Gasteiger partial charge in [0.05, 0.1) is 5.75 Å². The third kappa shape index (κ3) is 5.74. The van der Waals surface area contributed by atoms with Crippen LogP contribution in [0.4, 0.5) is 4.39 Å². The highest BCUT2D eigenvalue weighted by atomic mass is 32.2. The second kappa shape index (κ2) is 6.46. The molecule has 0 aliphatic rings. The molecular formula is C11H14FNO4S. The van der Waals surface area contributed by atoms with Crippen LogP contribution in [-0.4, -0.2) is 25.2 Å². The van der Waals surface area contributed by atoms with Crippen molar-refractivity contribution in [3.8, 4) is 0 Å². The number of carboxylic acids is 1. The average molecular weight is 275 g/mol. The zero-order valence-electron chi connectivity index (χ0n) is 9.60. The molecule has 0 amide bonds. The molecule has 0 atom stereocenters. The Balaban J connectivity index is 2.41. The lowest BCUT2D eigenvalue weighted by molar-refractivity contribution is -0.137. The molecule has 2 N–H and O–H groups in total. The van der Waals surface area contributed by atoms with Gasteiger partial charge in [0.1, 0.15) is 5.82 Å². The van der Waals surface area contributed by atoms with Crippen LogP contribution in [0.2, 0.25) is 0 Å². The van der Waals surface area contributed by atoms with Crippen molar-refractivity contribution in [3.63, 3.8) is 0 Å². The van der Waals surface area contributed by atoms with Gasteiger partial charge < -0.3 is 5.11 Å². The fourth-order valence-corrected chi connectivity index (χ4v) is 2.34. The van der Waals surface area contributed by atoms with E-state index < -0.39 is 16.0 Å². The Kier molecular flexibility index (Phi) is 5.24. The van der Waals surface area contributed by atoms with Gasteiger partial charge in [-0.1, -0.05) is 12.1 Å². The van der Waals surface area contributed by atoms with Crippen molar-refractivity contribution in [2.24, 2.45) is 0 Å². The lowest BCUT2D eigenvalue weighted by Crippen LogP contribution is -2.26. The van der Waals surface area contributed by atoms with E-state index in [0.717, 1.165) is 0 Å². The first-order valence-corrected chi connectivity index (χ1v) is 6.98. The molecule has 0 fully saturated rings. The largest absolute Gasteiger partial charge is 0.481 e. The number of carbonyl (C=O) groups is 1. The zero-order valence-corrected chi connectivity index (χ0v) is 10.4. The molecule has 1 rings (SSSR count). The molecule has 0 spiro atoms. The molecule has 100 valence electrons. The topological polar surface area (TPSA) is 83.5 Å². The number of rotatable bonds is 7. The summed E-state index contributed by atoms with van der Waals surface area (Å²) in [7, 11) is -3.49. The SMILES string of the molecule is O=C(O)CCCS(=O)(=O)NCc1ccc(F)cc1. The molecule has 0 heterocycles. The molecule has 18 heavy (non-hydrogen) atoms. The van der Waals surface area contributed by atoms with Crippen LogP contribution < -0.4 is 4.72 Å². The van der Waals surface area contributed by atoms with Crippen molar-refractivity contribution in [1.29, 1.82) is 0 Å². The number of hydrogen-bond donors (Lipinski definition) is 2. The van der Waals surface area contributed by atoms with Crippen molar-refractivity contribution >= 4 is 16.0 Å². The summed E-state index contributed by atoms with van der Waals surface area (Å²) in [5.41, 5.74) is 0.637. The number of aliphatic carboxylic acids is 1. The summed E-state index contributed by atoms with van der Waals surface area (Å²) in [4.78, 5) is 10.2. The minimum absolute atomic E-state index is 0.0636. The Morgan fingerprint density at radius 3 is 2.44 bits per heavy atom. The Hall–Kier alpha value is -1.47. The molecule has 0 aliphatic carbocycles. The first kappa shape index (κ1) is 14.6. The maximum Gasteiger partial charge on any atom is 0.303 e. The predicted octanol–water partition coefficient (Wildman–Crippen LogP) is 1.11.